The van der Waals surface area contributed by atoms with Crippen molar-refractivity contribution >= 4 is 55.6 Å². The molecule has 0 radical (unpaired) electrons. The van der Waals surface area contributed by atoms with E-state index in [1.54, 1.807) is 26.1 Å². The smallest absolute Gasteiger partial charge is 0.320 e. The van der Waals surface area contributed by atoms with Crippen LogP contribution in [0, 0.1) is 0 Å². The molecule has 0 aromatic carbocycles. The minimum Gasteiger partial charge on any atom is -0.345 e. The molecule has 9 nitrogen and oxygen atoms in total. The van der Waals surface area contributed by atoms with Gasteiger partial charge in [-0.25, -0.2) is 23.2 Å². The highest BCUT2D eigenvalue weighted by atomic mass is 127. The molecule has 136 valence electrons. The van der Waals surface area contributed by atoms with Crippen molar-refractivity contribution < 1.29 is 13.2 Å². The van der Waals surface area contributed by atoms with Crippen LogP contribution in [-0.2, 0) is 10.0 Å². The van der Waals surface area contributed by atoms with Crippen molar-refractivity contribution in [3.63, 3.8) is 0 Å². The van der Waals surface area contributed by atoms with Crippen LogP contribution in [0.3, 0.4) is 0 Å². The molecule has 1 aliphatic rings. The fraction of sp³-hybridized carbons (Fsp3) is 0.500. The summed E-state index contributed by atoms with van der Waals surface area (Å²) in [6.45, 7) is 3.71. The van der Waals surface area contributed by atoms with Gasteiger partial charge in [0.05, 0.1) is 21.5 Å². The van der Waals surface area contributed by atoms with Crippen LogP contribution >= 0.6 is 22.6 Å². The molecular formula is C14H19IN6O3S. The summed E-state index contributed by atoms with van der Waals surface area (Å²) in [5, 5.41) is 4.97. The summed E-state index contributed by atoms with van der Waals surface area (Å²) in [5.74, 6) is 0.333. The monoisotopic (exact) mass is 478 g/mol. The number of halogens is 1. The predicted octanol–water partition coefficient (Wildman–Crippen LogP) is 1.65. The zero-order valence-electron chi connectivity index (χ0n) is 13.7. The van der Waals surface area contributed by atoms with Gasteiger partial charge in [-0.05, 0) is 26.3 Å². The lowest BCUT2D eigenvalue weighted by atomic mass is 10.3. The van der Waals surface area contributed by atoms with Gasteiger partial charge in [0.25, 0.3) is 0 Å². The molecule has 0 saturated carbocycles. The molecule has 25 heavy (non-hydrogen) atoms. The molecular weight excluding hydrogens is 459 g/mol. The number of nitrogens with zero attached hydrogens (tertiary/aromatic N) is 3. The molecule has 3 rings (SSSR count). The largest absolute Gasteiger partial charge is 0.345 e. The molecule has 11 heteroatoms. The van der Waals surface area contributed by atoms with Gasteiger partial charge >= 0.3 is 6.03 Å². The number of amides is 2. The van der Waals surface area contributed by atoms with Crippen LogP contribution in [0.2, 0.25) is 0 Å². The Hall–Kier alpha value is -1.47. The standard InChI is InChI=1S/C14H19IN6O3S/c1-8(2)25(23,24)21-6-4-9(12(21)15)19-14(22)20-11-7-17-13-10(18-11)3-5-16-13/h3,5,7-9,12H,4,6H2,1-2H3,(H,16,17)(H2,18,19,20,22). The van der Waals surface area contributed by atoms with E-state index in [2.05, 4.69) is 48.2 Å². The minimum atomic E-state index is -3.34. The SMILES string of the molecule is CC(C)S(=O)(=O)N1CCC(NC(=O)Nc2cnc3[nH]ccc3n2)C1I. The van der Waals surface area contributed by atoms with Crippen molar-refractivity contribution in [2.45, 2.75) is 35.6 Å². The van der Waals surface area contributed by atoms with E-state index in [0.29, 0.717) is 29.9 Å². The molecule has 1 aliphatic heterocycles. The van der Waals surface area contributed by atoms with Crippen LogP contribution in [0.25, 0.3) is 11.2 Å². The predicted molar refractivity (Wildman–Crippen MR) is 103 cm³/mol. The first kappa shape index (κ1) is 18.3. The Morgan fingerprint density at radius 3 is 2.96 bits per heavy atom. The highest BCUT2D eigenvalue weighted by molar-refractivity contribution is 14.1. The van der Waals surface area contributed by atoms with Gasteiger partial charge in [0.15, 0.2) is 11.5 Å². The molecule has 2 aromatic heterocycles. The van der Waals surface area contributed by atoms with Gasteiger partial charge in [0.2, 0.25) is 10.0 Å². The zero-order valence-corrected chi connectivity index (χ0v) is 16.7. The van der Waals surface area contributed by atoms with Crippen molar-refractivity contribution in [1.29, 1.82) is 0 Å². The maximum atomic E-state index is 12.3. The second-order valence-corrected chi connectivity index (χ2v) is 9.76. The number of fused-ring (bicyclic) bond motifs is 1. The van der Waals surface area contributed by atoms with Crippen molar-refractivity contribution in [1.82, 2.24) is 24.6 Å². The number of hydrogen-bond donors (Lipinski definition) is 3. The fourth-order valence-corrected chi connectivity index (χ4v) is 5.72. The molecule has 2 atom stereocenters. The van der Waals surface area contributed by atoms with Gasteiger partial charge in [-0.3, -0.25) is 5.32 Å². The average molecular weight is 478 g/mol. The fourth-order valence-electron chi connectivity index (χ4n) is 2.62. The molecule has 2 amide bonds. The van der Waals surface area contributed by atoms with Crippen LogP contribution in [0.15, 0.2) is 18.5 Å². The van der Waals surface area contributed by atoms with Gasteiger partial charge in [-0.15, -0.1) is 0 Å². The Labute approximate surface area is 159 Å². The number of H-pyrrole nitrogens is 1. The van der Waals surface area contributed by atoms with E-state index < -0.39 is 21.3 Å². The first-order valence-corrected chi connectivity index (χ1v) is 10.6. The van der Waals surface area contributed by atoms with Crippen molar-refractivity contribution in [3.8, 4) is 0 Å². The van der Waals surface area contributed by atoms with E-state index in [1.165, 1.54) is 10.5 Å². The van der Waals surface area contributed by atoms with E-state index in [9.17, 15) is 13.2 Å². The Balaban J connectivity index is 1.63. The minimum absolute atomic E-state index is 0.266. The number of aromatic nitrogens is 3. The van der Waals surface area contributed by atoms with E-state index in [-0.39, 0.29) is 10.1 Å². The summed E-state index contributed by atoms with van der Waals surface area (Å²) in [6, 6.07) is 1.07. The summed E-state index contributed by atoms with van der Waals surface area (Å²) in [4.78, 5) is 23.6. The molecule has 3 N–H and O–H groups in total. The van der Waals surface area contributed by atoms with E-state index in [0.717, 1.165) is 0 Å². The van der Waals surface area contributed by atoms with Crippen LogP contribution < -0.4 is 10.6 Å². The van der Waals surface area contributed by atoms with Crippen molar-refractivity contribution in [2.24, 2.45) is 0 Å². The molecule has 1 fully saturated rings. The number of hydrogen-bond acceptors (Lipinski definition) is 5. The number of carbonyl (C=O) groups is 1. The van der Waals surface area contributed by atoms with Crippen LogP contribution in [0.5, 0.6) is 0 Å². The lowest BCUT2D eigenvalue weighted by Crippen LogP contribution is -2.46. The second kappa shape index (κ2) is 7.03. The third kappa shape index (κ3) is 3.72. The Bertz CT molecular complexity index is 884. The highest BCUT2D eigenvalue weighted by Crippen LogP contribution is 2.28. The molecule has 2 unspecified atom stereocenters. The Kier molecular flexibility index (Phi) is 5.16. The van der Waals surface area contributed by atoms with Crippen LogP contribution in [-0.4, -0.2) is 55.6 Å². The van der Waals surface area contributed by atoms with Gasteiger partial charge in [-0.1, -0.05) is 22.6 Å². The van der Waals surface area contributed by atoms with E-state index in [4.69, 9.17) is 0 Å². The Morgan fingerprint density at radius 2 is 2.24 bits per heavy atom. The molecule has 0 spiro atoms. The third-order valence-corrected chi connectivity index (χ3v) is 8.18. The number of alkyl halides is 1. The molecule has 0 bridgehead atoms. The molecule has 2 aromatic rings. The normalized spacial score (nSPS) is 21.8. The third-order valence-electron chi connectivity index (χ3n) is 4.01. The number of urea groups is 1. The van der Waals surface area contributed by atoms with Gasteiger partial charge in [-0.2, -0.15) is 4.31 Å². The lowest BCUT2D eigenvalue weighted by Gasteiger charge is -2.25. The van der Waals surface area contributed by atoms with E-state index in [1.807, 2.05) is 0 Å². The van der Waals surface area contributed by atoms with Gasteiger partial charge < -0.3 is 10.3 Å². The van der Waals surface area contributed by atoms with E-state index >= 15 is 0 Å². The number of carbonyl (C=O) groups excluding carboxylic acids is 1. The van der Waals surface area contributed by atoms with Crippen LogP contribution in [0.4, 0.5) is 10.6 Å². The molecule has 3 heterocycles. The number of aromatic amines is 1. The molecule has 0 aliphatic carbocycles. The Morgan fingerprint density at radius 1 is 1.48 bits per heavy atom. The maximum absolute atomic E-state index is 12.3. The van der Waals surface area contributed by atoms with Crippen LogP contribution in [0.1, 0.15) is 20.3 Å². The first-order chi connectivity index (χ1) is 11.8. The molecule has 1 saturated heterocycles. The first-order valence-electron chi connectivity index (χ1n) is 7.81. The average Bonchev–Trinajstić information content (AvgIpc) is 3.14. The summed E-state index contributed by atoms with van der Waals surface area (Å²) in [5.41, 5.74) is 1.29. The summed E-state index contributed by atoms with van der Waals surface area (Å²) < 4.78 is 25.8. The highest BCUT2D eigenvalue weighted by Gasteiger charge is 2.41. The van der Waals surface area contributed by atoms with Gasteiger partial charge in [0, 0.05) is 12.7 Å². The summed E-state index contributed by atoms with van der Waals surface area (Å²) >= 11 is 2.06. The number of anilines is 1. The second-order valence-electron chi connectivity index (χ2n) is 6.04. The summed E-state index contributed by atoms with van der Waals surface area (Å²) in [7, 11) is -3.34. The lowest BCUT2D eigenvalue weighted by molar-refractivity contribution is 0.248. The summed E-state index contributed by atoms with van der Waals surface area (Å²) in [6.07, 6.45) is 3.75. The topological polar surface area (TPSA) is 120 Å². The number of nitrogens with one attached hydrogen (secondary N) is 3. The number of sulfonamides is 1. The quantitative estimate of drug-likeness (QED) is 0.351. The van der Waals surface area contributed by atoms with Crippen molar-refractivity contribution in [2.75, 3.05) is 11.9 Å². The van der Waals surface area contributed by atoms with Crippen molar-refractivity contribution in [3.05, 3.63) is 18.5 Å². The van der Waals surface area contributed by atoms with Gasteiger partial charge in [0.1, 0.15) is 5.52 Å². The maximum Gasteiger partial charge on any atom is 0.320 e. The number of rotatable bonds is 4. The zero-order chi connectivity index (χ0) is 18.2.